The van der Waals surface area contributed by atoms with Crippen molar-refractivity contribution in [1.29, 1.82) is 0 Å². The van der Waals surface area contributed by atoms with Crippen molar-refractivity contribution in [2.45, 2.75) is 32.9 Å². The second-order valence-corrected chi connectivity index (χ2v) is 7.57. The van der Waals surface area contributed by atoms with E-state index in [0.717, 1.165) is 34.6 Å². The van der Waals surface area contributed by atoms with Crippen molar-refractivity contribution in [3.63, 3.8) is 0 Å². The highest BCUT2D eigenvalue weighted by molar-refractivity contribution is 7.15. The summed E-state index contributed by atoms with van der Waals surface area (Å²) in [5.41, 5.74) is 1.71. The Morgan fingerprint density at radius 2 is 1.90 bits per heavy atom. The number of nitrogens with one attached hydrogen (secondary N) is 1. The molecule has 0 bridgehead atoms. The Morgan fingerprint density at radius 1 is 1.10 bits per heavy atom. The smallest absolute Gasteiger partial charge is 0.246 e. The fraction of sp³-hybridized carbons (Fsp3) is 0.238. The van der Waals surface area contributed by atoms with Crippen molar-refractivity contribution < 1.29 is 9.53 Å². The van der Waals surface area contributed by atoms with Gasteiger partial charge in [-0.1, -0.05) is 48.6 Å². The van der Waals surface area contributed by atoms with E-state index in [1.54, 1.807) is 0 Å². The maximum atomic E-state index is 12.7. The number of imidazole rings is 1. The third kappa shape index (κ3) is 4.60. The number of ether oxygens (including phenoxy) is 1. The zero-order valence-electron chi connectivity index (χ0n) is 16.0. The van der Waals surface area contributed by atoms with Crippen molar-refractivity contribution in [3.8, 4) is 5.75 Å². The van der Waals surface area contributed by atoms with E-state index in [1.165, 1.54) is 11.3 Å². The number of benzene rings is 2. The van der Waals surface area contributed by atoms with Crippen molar-refractivity contribution in [1.82, 2.24) is 19.7 Å². The van der Waals surface area contributed by atoms with Crippen LogP contribution in [-0.4, -0.2) is 25.7 Å². The van der Waals surface area contributed by atoms with Crippen molar-refractivity contribution in [2.75, 3.05) is 5.32 Å². The molecule has 7 nitrogen and oxygen atoms in total. The molecule has 29 heavy (non-hydrogen) atoms. The van der Waals surface area contributed by atoms with E-state index in [1.807, 2.05) is 59.2 Å². The van der Waals surface area contributed by atoms with Gasteiger partial charge in [-0.15, -0.1) is 10.2 Å². The summed E-state index contributed by atoms with van der Waals surface area (Å²) in [6.45, 7) is 2.48. The molecule has 2 heterocycles. The molecule has 8 heteroatoms. The molecular weight excluding hydrogens is 386 g/mol. The number of amides is 1. The number of anilines is 1. The zero-order chi connectivity index (χ0) is 20.1. The Kier molecular flexibility index (Phi) is 5.81. The fourth-order valence-corrected chi connectivity index (χ4v) is 3.86. The molecule has 0 saturated carbocycles. The van der Waals surface area contributed by atoms with Crippen LogP contribution in [0.1, 0.15) is 24.2 Å². The first-order valence-corrected chi connectivity index (χ1v) is 10.3. The lowest BCUT2D eigenvalue weighted by molar-refractivity contribution is -0.116. The van der Waals surface area contributed by atoms with Gasteiger partial charge in [0.1, 0.15) is 29.7 Å². The Morgan fingerprint density at radius 3 is 2.72 bits per heavy atom. The average Bonchev–Trinajstić information content (AvgIpc) is 3.32. The molecule has 148 valence electrons. The number of nitrogens with zero attached hydrogens (tertiary/aromatic N) is 4. The highest BCUT2D eigenvalue weighted by Crippen LogP contribution is 2.20. The number of para-hydroxylation sites is 3. The number of hydrogen-bond donors (Lipinski definition) is 1. The van der Waals surface area contributed by atoms with Crippen LogP contribution in [0.2, 0.25) is 0 Å². The number of carbonyl (C=O) groups excluding carboxylic acids is 1. The van der Waals surface area contributed by atoms with Crippen LogP contribution in [0.3, 0.4) is 0 Å². The average molecular weight is 407 g/mol. The molecule has 0 aliphatic heterocycles. The maximum absolute atomic E-state index is 12.7. The van der Waals surface area contributed by atoms with Crippen LogP contribution in [-0.2, 0) is 24.4 Å². The second-order valence-electron chi connectivity index (χ2n) is 6.50. The summed E-state index contributed by atoms with van der Waals surface area (Å²) in [6, 6.07) is 17.3. The van der Waals surface area contributed by atoms with Crippen LogP contribution in [0.25, 0.3) is 11.0 Å². The van der Waals surface area contributed by atoms with Crippen molar-refractivity contribution >= 4 is 33.4 Å². The van der Waals surface area contributed by atoms with Crippen molar-refractivity contribution in [2.24, 2.45) is 0 Å². The van der Waals surface area contributed by atoms with Crippen LogP contribution in [0.4, 0.5) is 5.13 Å². The summed E-state index contributed by atoms with van der Waals surface area (Å²) < 4.78 is 7.73. The topological polar surface area (TPSA) is 81.9 Å². The maximum Gasteiger partial charge on any atom is 0.246 e. The molecule has 0 saturated heterocycles. The minimum atomic E-state index is -0.173. The lowest BCUT2D eigenvalue weighted by Crippen LogP contribution is -2.20. The standard InChI is InChI=1S/C21H21N5O2S/c1-2-8-20-24-25-21(29-20)23-19(27)13-26-17-12-7-6-11-16(17)22-18(26)14-28-15-9-4-3-5-10-15/h3-7,9-12H,2,8,13-14H2,1H3,(H,23,25,27). The molecule has 4 aromatic rings. The first-order chi connectivity index (χ1) is 14.2. The van der Waals surface area contributed by atoms with Crippen LogP contribution >= 0.6 is 11.3 Å². The van der Waals surface area contributed by atoms with Gasteiger partial charge in [0.15, 0.2) is 0 Å². The van der Waals surface area contributed by atoms with E-state index >= 15 is 0 Å². The number of carbonyl (C=O) groups is 1. The van der Waals surface area contributed by atoms with Gasteiger partial charge in [0.05, 0.1) is 11.0 Å². The van der Waals surface area contributed by atoms with Crippen LogP contribution in [0.15, 0.2) is 54.6 Å². The molecule has 2 aromatic heterocycles. The minimum absolute atomic E-state index is 0.122. The van der Waals surface area contributed by atoms with Gasteiger partial charge < -0.3 is 9.30 Å². The van der Waals surface area contributed by atoms with E-state index in [-0.39, 0.29) is 19.1 Å². The highest BCUT2D eigenvalue weighted by Gasteiger charge is 2.15. The molecule has 2 aromatic carbocycles. The first kappa shape index (κ1) is 19.1. The highest BCUT2D eigenvalue weighted by atomic mass is 32.1. The summed E-state index contributed by atoms with van der Waals surface area (Å²) in [6.07, 6.45) is 1.86. The Bertz CT molecular complexity index is 1110. The van der Waals surface area contributed by atoms with Gasteiger partial charge in [-0.2, -0.15) is 0 Å². The SMILES string of the molecule is CCCc1nnc(NC(=O)Cn2c(COc3ccccc3)nc3ccccc32)s1. The molecule has 0 fully saturated rings. The third-order valence-corrected chi connectivity index (χ3v) is 5.22. The van der Waals surface area contributed by atoms with E-state index < -0.39 is 0 Å². The van der Waals surface area contributed by atoms with Gasteiger partial charge in [-0.3, -0.25) is 10.1 Å². The summed E-state index contributed by atoms with van der Waals surface area (Å²) in [5.74, 6) is 1.27. The second kappa shape index (κ2) is 8.83. The molecule has 0 aliphatic rings. The minimum Gasteiger partial charge on any atom is -0.486 e. The summed E-state index contributed by atoms with van der Waals surface area (Å²) in [7, 11) is 0. The molecular formula is C21H21N5O2S. The van der Waals surface area contributed by atoms with Crippen LogP contribution < -0.4 is 10.1 Å². The van der Waals surface area contributed by atoms with Gasteiger partial charge in [0, 0.05) is 6.42 Å². The quantitative estimate of drug-likeness (QED) is 0.476. The first-order valence-electron chi connectivity index (χ1n) is 9.47. The van der Waals surface area contributed by atoms with E-state index in [2.05, 4.69) is 27.4 Å². The summed E-state index contributed by atoms with van der Waals surface area (Å²) >= 11 is 1.41. The van der Waals surface area contributed by atoms with Gasteiger partial charge >= 0.3 is 0 Å². The van der Waals surface area contributed by atoms with Gasteiger partial charge in [-0.05, 0) is 30.7 Å². The molecule has 1 amide bonds. The van der Waals surface area contributed by atoms with Crippen molar-refractivity contribution in [3.05, 3.63) is 65.4 Å². The Labute approximate surface area is 172 Å². The normalized spacial score (nSPS) is 10.9. The van der Waals surface area contributed by atoms with E-state index in [0.29, 0.717) is 11.0 Å². The molecule has 0 atom stereocenters. The fourth-order valence-electron chi connectivity index (χ4n) is 3.00. The van der Waals surface area contributed by atoms with Crippen LogP contribution in [0, 0.1) is 0 Å². The number of aryl methyl sites for hydroxylation is 1. The van der Waals surface area contributed by atoms with E-state index in [9.17, 15) is 4.79 Å². The van der Waals surface area contributed by atoms with Crippen LogP contribution in [0.5, 0.6) is 5.75 Å². The largest absolute Gasteiger partial charge is 0.486 e. The number of rotatable bonds is 8. The zero-order valence-corrected chi connectivity index (χ0v) is 16.9. The lowest BCUT2D eigenvalue weighted by Gasteiger charge is -2.10. The van der Waals surface area contributed by atoms with Gasteiger partial charge in [0.2, 0.25) is 11.0 Å². The molecule has 0 spiro atoms. The molecule has 4 rings (SSSR count). The Hall–Kier alpha value is -3.26. The molecule has 0 radical (unpaired) electrons. The number of aromatic nitrogens is 4. The molecule has 0 unspecified atom stereocenters. The Balaban J connectivity index is 1.52. The predicted octanol–water partition coefficient (Wildman–Crippen LogP) is 4.06. The lowest BCUT2D eigenvalue weighted by atomic mass is 10.3. The summed E-state index contributed by atoms with van der Waals surface area (Å²) in [5, 5.41) is 12.4. The third-order valence-electron chi connectivity index (χ3n) is 4.32. The van der Waals surface area contributed by atoms with E-state index in [4.69, 9.17) is 4.74 Å². The number of hydrogen-bond acceptors (Lipinski definition) is 6. The molecule has 0 aliphatic carbocycles. The number of fused-ring (bicyclic) bond motifs is 1. The van der Waals surface area contributed by atoms with Gasteiger partial charge in [0.25, 0.3) is 0 Å². The summed E-state index contributed by atoms with van der Waals surface area (Å²) in [4.78, 5) is 17.3. The monoisotopic (exact) mass is 407 g/mol. The molecule has 1 N–H and O–H groups in total. The predicted molar refractivity (Wildman–Crippen MR) is 113 cm³/mol. The van der Waals surface area contributed by atoms with Gasteiger partial charge in [-0.25, -0.2) is 4.98 Å².